The molecule has 1 aromatic rings. The third-order valence-corrected chi connectivity index (χ3v) is 3.96. The maximum absolute atomic E-state index is 12.1. The minimum Gasteiger partial charge on any atom is -0.369 e. The molecule has 21 heavy (non-hydrogen) atoms. The van der Waals surface area contributed by atoms with E-state index in [2.05, 4.69) is 15.6 Å². The van der Waals surface area contributed by atoms with Gasteiger partial charge in [0.15, 0.2) is 0 Å². The summed E-state index contributed by atoms with van der Waals surface area (Å²) in [6.45, 7) is 4.72. The van der Waals surface area contributed by atoms with Crippen LogP contribution in [0.4, 0.5) is 5.82 Å². The van der Waals surface area contributed by atoms with Gasteiger partial charge in [0.05, 0.1) is 10.6 Å². The third-order valence-electron chi connectivity index (χ3n) is 2.86. The average Bonchev–Trinajstić information content (AvgIpc) is 2.43. The van der Waals surface area contributed by atoms with E-state index in [0.717, 1.165) is 13.0 Å². The molecule has 0 aliphatic carbocycles. The molecule has 1 rings (SSSR count). The molecular weight excluding hydrogens is 310 g/mol. The standard InChI is InChI=1S/C14H22ClN3O2S/c1-4-6-16-13-12(15)8-11(9-17-13)14(19)18-10(2)5-7-21(3)20/h8-10H,4-7H2,1-3H3,(H,16,17)(H,18,19). The summed E-state index contributed by atoms with van der Waals surface area (Å²) >= 11 is 6.10. The van der Waals surface area contributed by atoms with Crippen LogP contribution in [0.2, 0.25) is 5.02 Å². The molecule has 1 heterocycles. The molecule has 0 aliphatic heterocycles. The first-order valence-electron chi connectivity index (χ1n) is 6.94. The van der Waals surface area contributed by atoms with E-state index in [4.69, 9.17) is 11.6 Å². The van der Waals surface area contributed by atoms with Crippen molar-refractivity contribution in [2.24, 2.45) is 0 Å². The number of hydrogen-bond donors (Lipinski definition) is 2. The van der Waals surface area contributed by atoms with Crippen molar-refractivity contribution in [2.45, 2.75) is 32.7 Å². The Morgan fingerprint density at radius 1 is 1.52 bits per heavy atom. The van der Waals surface area contributed by atoms with Crippen LogP contribution in [0.5, 0.6) is 0 Å². The molecule has 0 spiro atoms. The van der Waals surface area contributed by atoms with Crippen LogP contribution < -0.4 is 10.6 Å². The molecular formula is C14H22ClN3O2S. The number of nitrogens with zero attached hydrogens (tertiary/aromatic N) is 1. The topological polar surface area (TPSA) is 71.1 Å². The third kappa shape index (κ3) is 6.44. The summed E-state index contributed by atoms with van der Waals surface area (Å²) in [7, 11) is -0.849. The minimum absolute atomic E-state index is 0.0435. The number of amides is 1. The van der Waals surface area contributed by atoms with Crippen molar-refractivity contribution in [3.05, 3.63) is 22.8 Å². The summed E-state index contributed by atoms with van der Waals surface area (Å²) in [5, 5.41) is 6.37. The number of rotatable bonds is 8. The number of halogens is 1. The number of carbonyl (C=O) groups is 1. The van der Waals surface area contributed by atoms with E-state index in [-0.39, 0.29) is 11.9 Å². The number of aromatic nitrogens is 1. The van der Waals surface area contributed by atoms with Crippen molar-refractivity contribution >= 4 is 34.1 Å². The summed E-state index contributed by atoms with van der Waals surface area (Å²) in [5.41, 5.74) is 0.423. The van der Waals surface area contributed by atoms with E-state index in [1.807, 2.05) is 13.8 Å². The lowest BCUT2D eigenvalue weighted by molar-refractivity contribution is 0.0939. The van der Waals surface area contributed by atoms with Gasteiger partial charge in [0.25, 0.3) is 5.91 Å². The van der Waals surface area contributed by atoms with Crippen molar-refractivity contribution in [1.82, 2.24) is 10.3 Å². The molecule has 1 aromatic heterocycles. The van der Waals surface area contributed by atoms with Crippen LogP contribution in [0, 0.1) is 0 Å². The number of hydrogen-bond acceptors (Lipinski definition) is 4. The Kier molecular flexibility index (Phi) is 7.67. The number of anilines is 1. The molecule has 0 aromatic carbocycles. The highest BCUT2D eigenvalue weighted by molar-refractivity contribution is 7.84. The Bertz CT molecular complexity index is 511. The first kappa shape index (κ1) is 17.9. The zero-order chi connectivity index (χ0) is 15.8. The Morgan fingerprint density at radius 2 is 2.24 bits per heavy atom. The molecule has 118 valence electrons. The van der Waals surface area contributed by atoms with Crippen molar-refractivity contribution in [3.8, 4) is 0 Å². The van der Waals surface area contributed by atoms with Gasteiger partial charge >= 0.3 is 0 Å². The molecule has 0 saturated carbocycles. The van der Waals surface area contributed by atoms with Gasteiger partial charge in [-0.15, -0.1) is 0 Å². The maximum Gasteiger partial charge on any atom is 0.253 e. The second-order valence-electron chi connectivity index (χ2n) is 4.92. The monoisotopic (exact) mass is 331 g/mol. The summed E-state index contributed by atoms with van der Waals surface area (Å²) in [4.78, 5) is 16.2. The van der Waals surface area contributed by atoms with Gasteiger partial charge in [-0.1, -0.05) is 18.5 Å². The van der Waals surface area contributed by atoms with Gasteiger partial charge < -0.3 is 10.6 Å². The van der Waals surface area contributed by atoms with Gasteiger partial charge in [-0.25, -0.2) is 4.98 Å². The van der Waals surface area contributed by atoms with Gasteiger partial charge in [-0.05, 0) is 25.8 Å². The van der Waals surface area contributed by atoms with E-state index in [1.54, 1.807) is 12.3 Å². The molecule has 2 atom stereocenters. The highest BCUT2D eigenvalue weighted by Crippen LogP contribution is 2.20. The highest BCUT2D eigenvalue weighted by Gasteiger charge is 2.12. The lowest BCUT2D eigenvalue weighted by Gasteiger charge is -2.13. The Balaban J connectivity index is 2.62. The predicted molar refractivity (Wildman–Crippen MR) is 88.5 cm³/mol. The lowest BCUT2D eigenvalue weighted by Crippen LogP contribution is -2.33. The Hall–Kier alpha value is -1.14. The van der Waals surface area contributed by atoms with Crippen molar-refractivity contribution < 1.29 is 9.00 Å². The van der Waals surface area contributed by atoms with Crippen LogP contribution in [0.15, 0.2) is 12.3 Å². The molecule has 0 bridgehead atoms. The molecule has 0 radical (unpaired) electrons. The van der Waals surface area contributed by atoms with Crippen LogP contribution in [0.1, 0.15) is 37.0 Å². The molecule has 1 amide bonds. The van der Waals surface area contributed by atoms with E-state index in [9.17, 15) is 9.00 Å². The van der Waals surface area contributed by atoms with Crippen LogP contribution in [0.3, 0.4) is 0 Å². The zero-order valence-corrected chi connectivity index (χ0v) is 14.2. The second kappa shape index (κ2) is 9.00. The van der Waals surface area contributed by atoms with Gasteiger partial charge in [0.1, 0.15) is 5.82 Å². The van der Waals surface area contributed by atoms with Crippen LogP contribution in [-0.4, -0.2) is 39.7 Å². The van der Waals surface area contributed by atoms with Crippen molar-refractivity contribution in [2.75, 3.05) is 23.9 Å². The molecule has 0 saturated heterocycles. The average molecular weight is 332 g/mol. The second-order valence-corrected chi connectivity index (χ2v) is 6.88. The molecule has 7 heteroatoms. The summed E-state index contributed by atoms with van der Waals surface area (Å²) in [6, 6.07) is 1.56. The van der Waals surface area contributed by atoms with E-state index < -0.39 is 10.8 Å². The maximum atomic E-state index is 12.1. The fraction of sp³-hybridized carbons (Fsp3) is 0.571. The predicted octanol–water partition coefficient (Wildman–Crippen LogP) is 2.44. The first-order valence-corrected chi connectivity index (χ1v) is 9.04. The Labute approximate surface area is 133 Å². The van der Waals surface area contributed by atoms with Crippen molar-refractivity contribution in [1.29, 1.82) is 0 Å². The number of nitrogens with one attached hydrogen (secondary N) is 2. The SMILES string of the molecule is CCCNc1ncc(C(=O)NC(C)CCS(C)=O)cc1Cl. The van der Waals surface area contributed by atoms with Gasteiger partial charge in [0.2, 0.25) is 0 Å². The van der Waals surface area contributed by atoms with E-state index in [0.29, 0.717) is 28.6 Å². The number of pyridine rings is 1. The summed E-state index contributed by atoms with van der Waals surface area (Å²) in [5.74, 6) is 0.936. The number of carbonyl (C=O) groups excluding carboxylic acids is 1. The largest absolute Gasteiger partial charge is 0.369 e. The van der Waals surface area contributed by atoms with Gasteiger partial charge in [-0.2, -0.15) is 0 Å². The van der Waals surface area contributed by atoms with E-state index in [1.165, 1.54) is 6.20 Å². The van der Waals surface area contributed by atoms with Crippen LogP contribution in [-0.2, 0) is 10.8 Å². The lowest BCUT2D eigenvalue weighted by atomic mass is 10.2. The first-order chi connectivity index (χ1) is 9.93. The van der Waals surface area contributed by atoms with Gasteiger partial charge in [-0.3, -0.25) is 9.00 Å². The Morgan fingerprint density at radius 3 is 2.81 bits per heavy atom. The molecule has 2 unspecified atom stereocenters. The quantitative estimate of drug-likeness (QED) is 0.767. The molecule has 5 nitrogen and oxygen atoms in total. The van der Waals surface area contributed by atoms with Crippen molar-refractivity contribution in [3.63, 3.8) is 0 Å². The summed E-state index contributed by atoms with van der Waals surface area (Å²) < 4.78 is 11.0. The normalized spacial score (nSPS) is 13.5. The molecule has 0 aliphatic rings. The molecule has 0 fully saturated rings. The fourth-order valence-corrected chi connectivity index (χ4v) is 2.58. The summed E-state index contributed by atoms with van der Waals surface area (Å²) in [6.07, 6.45) is 4.80. The zero-order valence-electron chi connectivity index (χ0n) is 12.6. The fourth-order valence-electron chi connectivity index (χ4n) is 1.66. The van der Waals surface area contributed by atoms with Crippen LogP contribution in [0.25, 0.3) is 0 Å². The van der Waals surface area contributed by atoms with Crippen LogP contribution >= 0.6 is 11.6 Å². The molecule has 2 N–H and O–H groups in total. The minimum atomic E-state index is -0.849. The smallest absolute Gasteiger partial charge is 0.253 e. The van der Waals surface area contributed by atoms with E-state index >= 15 is 0 Å². The highest BCUT2D eigenvalue weighted by atomic mass is 35.5. The van der Waals surface area contributed by atoms with Gasteiger partial charge in [0, 0.05) is 41.6 Å².